The van der Waals surface area contributed by atoms with Crippen LogP contribution in [-0.2, 0) is 13.6 Å². The van der Waals surface area contributed by atoms with Crippen LogP contribution in [0.2, 0.25) is 0 Å². The maximum atomic E-state index is 3.59. The molecule has 0 radical (unpaired) electrons. The summed E-state index contributed by atoms with van der Waals surface area (Å²) in [6, 6.07) is 11.1. The number of hydrogen-bond donors (Lipinski definition) is 1. The van der Waals surface area contributed by atoms with Crippen molar-refractivity contribution in [3.8, 4) is 0 Å². The Morgan fingerprint density at radius 1 is 1.21 bits per heavy atom. The lowest BCUT2D eigenvalue weighted by atomic mass is 10.1. The largest absolute Gasteiger partial charge is 0.352 e. The molecule has 19 heavy (non-hydrogen) atoms. The van der Waals surface area contributed by atoms with Gasteiger partial charge in [0.1, 0.15) is 0 Å². The molecule has 0 aliphatic rings. The third-order valence-electron chi connectivity index (χ3n) is 3.85. The van der Waals surface area contributed by atoms with Gasteiger partial charge in [0.25, 0.3) is 0 Å². The second-order valence-corrected chi connectivity index (χ2v) is 6.03. The summed E-state index contributed by atoms with van der Waals surface area (Å²) < 4.78 is 3.36. The van der Waals surface area contributed by atoms with Crippen molar-refractivity contribution in [3.63, 3.8) is 0 Å². The maximum Gasteiger partial charge on any atom is 0.0294 e. The van der Waals surface area contributed by atoms with E-state index in [1.807, 2.05) is 0 Å². The Bertz CT molecular complexity index is 555. The van der Waals surface area contributed by atoms with Crippen molar-refractivity contribution in [1.82, 2.24) is 9.88 Å². The molecule has 0 saturated heterocycles. The Morgan fingerprint density at radius 3 is 2.37 bits per heavy atom. The van der Waals surface area contributed by atoms with E-state index in [-0.39, 0.29) is 0 Å². The second kappa shape index (κ2) is 5.93. The van der Waals surface area contributed by atoms with Gasteiger partial charge in [0.15, 0.2) is 0 Å². The number of benzene rings is 1. The summed E-state index contributed by atoms with van der Waals surface area (Å²) in [7, 11) is 2.12. The van der Waals surface area contributed by atoms with Crippen LogP contribution in [0, 0.1) is 13.8 Å². The van der Waals surface area contributed by atoms with E-state index >= 15 is 0 Å². The highest BCUT2D eigenvalue weighted by molar-refractivity contribution is 9.10. The summed E-state index contributed by atoms with van der Waals surface area (Å²) >= 11 is 3.47. The molecule has 0 fully saturated rings. The highest BCUT2D eigenvalue weighted by atomic mass is 79.9. The van der Waals surface area contributed by atoms with Gasteiger partial charge in [-0.3, -0.25) is 0 Å². The van der Waals surface area contributed by atoms with Crippen LogP contribution in [0.15, 0.2) is 34.8 Å². The SMILES string of the molecule is Cc1cc(CNC(C)c2ccc(Br)cc2)c(C)n1C. The molecule has 1 heterocycles. The van der Waals surface area contributed by atoms with E-state index in [2.05, 4.69) is 84.0 Å². The van der Waals surface area contributed by atoms with Gasteiger partial charge in [-0.2, -0.15) is 0 Å². The fraction of sp³-hybridized carbons (Fsp3) is 0.375. The molecule has 0 aliphatic heterocycles. The summed E-state index contributed by atoms with van der Waals surface area (Å²) in [6.45, 7) is 7.43. The molecule has 3 heteroatoms. The van der Waals surface area contributed by atoms with Crippen molar-refractivity contribution in [1.29, 1.82) is 0 Å². The number of rotatable bonds is 4. The number of nitrogens with one attached hydrogen (secondary N) is 1. The molecule has 102 valence electrons. The van der Waals surface area contributed by atoms with Crippen LogP contribution in [0.4, 0.5) is 0 Å². The Kier molecular flexibility index (Phi) is 4.48. The van der Waals surface area contributed by atoms with Crippen molar-refractivity contribution in [2.24, 2.45) is 7.05 Å². The van der Waals surface area contributed by atoms with Crippen LogP contribution in [0.3, 0.4) is 0 Å². The van der Waals surface area contributed by atoms with Crippen molar-refractivity contribution in [3.05, 3.63) is 57.3 Å². The van der Waals surface area contributed by atoms with Gasteiger partial charge in [0.2, 0.25) is 0 Å². The van der Waals surface area contributed by atoms with Gasteiger partial charge in [-0.05, 0) is 50.1 Å². The van der Waals surface area contributed by atoms with Gasteiger partial charge in [-0.25, -0.2) is 0 Å². The summed E-state index contributed by atoms with van der Waals surface area (Å²) in [5, 5.41) is 3.59. The molecule has 1 atom stereocenters. The van der Waals surface area contributed by atoms with Crippen LogP contribution >= 0.6 is 15.9 Å². The molecule has 1 aromatic carbocycles. The smallest absolute Gasteiger partial charge is 0.0294 e. The first-order chi connectivity index (χ1) is 8.99. The highest BCUT2D eigenvalue weighted by Crippen LogP contribution is 2.18. The quantitative estimate of drug-likeness (QED) is 0.890. The summed E-state index contributed by atoms with van der Waals surface area (Å²) in [4.78, 5) is 0. The lowest BCUT2D eigenvalue weighted by Crippen LogP contribution is -2.18. The molecule has 1 N–H and O–H groups in total. The fourth-order valence-corrected chi connectivity index (χ4v) is 2.51. The highest BCUT2D eigenvalue weighted by Gasteiger charge is 2.08. The number of nitrogens with zero attached hydrogens (tertiary/aromatic N) is 1. The molecule has 2 nitrogen and oxygen atoms in total. The molecule has 0 bridgehead atoms. The molecule has 0 amide bonds. The van der Waals surface area contributed by atoms with Gasteiger partial charge in [-0.15, -0.1) is 0 Å². The second-order valence-electron chi connectivity index (χ2n) is 5.11. The maximum absolute atomic E-state index is 3.59. The predicted molar refractivity (Wildman–Crippen MR) is 84.3 cm³/mol. The molecule has 1 unspecified atom stereocenters. The number of aromatic nitrogens is 1. The Morgan fingerprint density at radius 2 is 1.84 bits per heavy atom. The summed E-state index contributed by atoms with van der Waals surface area (Å²) in [5.74, 6) is 0. The molecule has 1 aromatic heterocycles. The van der Waals surface area contributed by atoms with Gasteiger partial charge in [-0.1, -0.05) is 28.1 Å². The molecule has 0 aliphatic carbocycles. The Labute approximate surface area is 124 Å². The summed E-state index contributed by atoms with van der Waals surface area (Å²) in [6.07, 6.45) is 0. The normalized spacial score (nSPS) is 12.7. The van der Waals surface area contributed by atoms with E-state index < -0.39 is 0 Å². The lowest BCUT2D eigenvalue weighted by Gasteiger charge is -2.14. The van der Waals surface area contributed by atoms with Crippen LogP contribution in [0.1, 0.15) is 35.5 Å². The van der Waals surface area contributed by atoms with Crippen LogP contribution in [-0.4, -0.2) is 4.57 Å². The zero-order chi connectivity index (χ0) is 14.0. The third-order valence-corrected chi connectivity index (χ3v) is 4.38. The van der Waals surface area contributed by atoms with E-state index in [0.29, 0.717) is 6.04 Å². The van der Waals surface area contributed by atoms with E-state index in [4.69, 9.17) is 0 Å². The minimum atomic E-state index is 0.355. The van der Waals surface area contributed by atoms with Gasteiger partial charge in [0, 0.05) is 35.5 Å². The topological polar surface area (TPSA) is 17.0 Å². The van der Waals surface area contributed by atoms with Crippen LogP contribution in [0.5, 0.6) is 0 Å². The van der Waals surface area contributed by atoms with E-state index in [0.717, 1.165) is 11.0 Å². The van der Waals surface area contributed by atoms with E-state index in [1.165, 1.54) is 22.5 Å². The van der Waals surface area contributed by atoms with Crippen molar-refractivity contribution in [2.75, 3.05) is 0 Å². The first kappa shape index (κ1) is 14.4. The van der Waals surface area contributed by atoms with E-state index in [9.17, 15) is 0 Å². The number of hydrogen-bond acceptors (Lipinski definition) is 1. The van der Waals surface area contributed by atoms with Gasteiger partial charge >= 0.3 is 0 Å². The lowest BCUT2D eigenvalue weighted by molar-refractivity contribution is 0.572. The average molecular weight is 321 g/mol. The summed E-state index contributed by atoms with van der Waals surface area (Å²) in [5.41, 5.74) is 5.34. The van der Waals surface area contributed by atoms with Crippen LogP contribution < -0.4 is 5.32 Å². The molecule has 0 spiro atoms. The first-order valence-corrected chi connectivity index (χ1v) is 7.39. The van der Waals surface area contributed by atoms with Gasteiger partial charge < -0.3 is 9.88 Å². The molecule has 2 rings (SSSR count). The molecule has 0 saturated carbocycles. The fourth-order valence-electron chi connectivity index (χ4n) is 2.24. The van der Waals surface area contributed by atoms with Crippen molar-refractivity contribution < 1.29 is 0 Å². The minimum absolute atomic E-state index is 0.355. The van der Waals surface area contributed by atoms with Crippen molar-refractivity contribution >= 4 is 15.9 Å². The Hall–Kier alpha value is -1.06. The first-order valence-electron chi connectivity index (χ1n) is 6.59. The number of halogens is 1. The standard InChI is InChI=1S/C16H21BrN2/c1-11-9-15(13(3)19(11)4)10-18-12(2)14-5-7-16(17)8-6-14/h5-9,12,18H,10H2,1-4H3. The zero-order valence-electron chi connectivity index (χ0n) is 12.0. The van der Waals surface area contributed by atoms with E-state index in [1.54, 1.807) is 0 Å². The average Bonchev–Trinajstić information content (AvgIpc) is 2.64. The zero-order valence-corrected chi connectivity index (χ0v) is 13.6. The van der Waals surface area contributed by atoms with Gasteiger partial charge in [0.05, 0.1) is 0 Å². The molecule has 2 aromatic rings. The van der Waals surface area contributed by atoms with Crippen LogP contribution in [0.25, 0.3) is 0 Å². The number of aryl methyl sites for hydroxylation is 1. The Balaban J connectivity index is 2.02. The third kappa shape index (κ3) is 3.28. The minimum Gasteiger partial charge on any atom is -0.352 e. The monoisotopic (exact) mass is 320 g/mol. The molecular weight excluding hydrogens is 300 g/mol. The predicted octanol–water partition coefficient (Wildman–Crippen LogP) is 4.26. The van der Waals surface area contributed by atoms with Crippen molar-refractivity contribution in [2.45, 2.75) is 33.4 Å². The molecular formula is C16H21BrN2.